The minimum absolute atomic E-state index is 0.0315. The first kappa shape index (κ1) is 12.2. The summed E-state index contributed by atoms with van der Waals surface area (Å²) in [6.45, 7) is 5.44. The average molecular weight is 247 g/mol. The van der Waals surface area contributed by atoms with Gasteiger partial charge in [0.15, 0.2) is 0 Å². The molecular formula is C12H13N3O3. The highest BCUT2D eigenvalue weighted by molar-refractivity contribution is 5.93. The Labute approximate surface area is 103 Å². The standard InChI is InChI=1S/C12H13N3O3/c1-12(2,3)11(16)14-7-13-9-6-8(15(17)18)4-5-10(9)14/h4-7H,1-3H3. The molecule has 0 bridgehead atoms. The zero-order valence-electron chi connectivity index (χ0n) is 10.4. The number of carbonyl (C=O) groups is 1. The van der Waals surface area contributed by atoms with Gasteiger partial charge in [0.25, 0.3) is 5.69 Å². The Balaban J connectivity index is 2.56. The van der Waals surface area contributed by atoms with E-state index in [-0.39, 0.29) is 11.6 Å². The normalized spacial score (nSPS) is 11.7. The Morgan fingerprint density at radius 2 is 2.06 bits per heavy atom. The quantitative estimate of drug-likeness (QED) is 0.573. The second-order valence-corrected chi connectivity index (χ2v) is 5.10. The van der Waals surface area contributed by atoms with Crippen molar-refractivity contribution in [3.8, 4) is 0 Å². The van der Waals surface area contributed by atoms with Crippen LogP contribution in [0.1, 0.15) is 25.6 Å². The molecule has 6 heteroatoms. The molecule has 1 heterocycles. The van der Waals surface area contributed by atoms with Crippen molar-refractivity contribution in [1.82, 2.24) is 9.55 Å². The molecule has 18 heavy (non-hydrogen) atoms. The van der Waals surface area contributed by atoms with E-state index in [9.17, 15) is 14.9 Å². The predicted octanol–water partition coefficient (Wildman–Crippen LogP) is 2.63. The Bertz CT molecular complexity index is 638. The van der Waals surface area contributed by atoms with Crippen LogP contribution in [0.15, 0.2) is 24.5 Å². The van der Waals surface area contributed by atoms with Gasteiger partial charge in [0.1, 0.15) is 6.33 Å². The first-order chi connectivity index (χ1) is 8.30. The summed E-state index contributed by atoms with van der Waals surface area (Å²) >= 11 is 0. The number of non-ortho nitro benzene ring substituents is 1. The third-order valence-electron chi connectivity index (χ3n) is 2.60. The van der Waals surface area contributed by atoms with Crippen LogP contribution in [0.25, 0.3) is 11.0 Å². The van der Waals surface area contributed by atoms with E-state index in [1.54, 1.807) is 6.07 Å². The maximum absolute atomic E-state index is 12.1. The van der Waals surface area contributed by atoms with Crippen LogP contribution in [0.2, 0.25) is 0 Å². The van der Waals surface area contributed by atoms with Gasteiger partial charge >= 0.3 is 0 Å². The van der Waals surface area contributed by atoms with Crippen LogP contribution in [-0.2, 0) is 0 Å². The molecular weight excluding hydrogens is 234 g/mol. The molecule has 1 aromatic heterocycles. The summed E-state index contributed by atoms with van der Waals surface area (Å²) in [6.07, 6.45) is 1.40. The minimum atomic E-state index is -0.532. The van der Waals surface area contributed by atoms with Gasteiger partial charge in [0.2, 0.25) is 5.91 Å². The molecule has 0 fully saturated rings. The molecule has 0 aliphatic rings. The lowest BCUT2D eigenvalue weighted by molar-refractivity contribution is -0.384. The van der Waals surface area contributed by atoms with Crippen LogP contribution in [0.3, 0.4) is 0 Å². The number of carbonyl (C=O) groups excluding carboxylic acids is 1. The second-order valence-electron chi connectivity index (χ2n) is 5.10. The van der Waals surface area contributed by atoms with Gasteiger partial charge in [0.05, 0.1) is 16.0 Å². The molecule has 0 amide bonds. The summed E-state index contributed by atoms with van der Waals surface area (Å²) in [5, 5.41) is 10.6. The lowest BCUT2D eigenvalue weighted by Crippen LogP contribution is -2.26. The monoisotopic (exact) mass is 247 g/mol. The number of nitro groups is 1. The minimum Gasteiger partial charge on any atom is -0.273 e. The molecule has 0 N–H and O–H groups in total. The van der Waals surface area contributed by atoms with E-state index in [1.807, 2.05) is 20.8 Å². The van der Waals surface area contributed by atoms with Crippen molar-refractivity contribution in [2.24, 2.45) is 5.41 Å². The zero-order valence-corrected chi connectivity index (χ0v) is 10.4. The molecule has 0 aliphatic heterocycles. The van der Waals surface area contributed by atoms with E-state index in [4.69, 9.17) is 0 Å². The molecule has 2 aromatic rings. The largest absolute Gasteiger partial charge is 0.273 e. The number of nitro benzene ring substituents is 1. The summed E-state index contributed by atoms with van der Waals surface area (Å²) in [7, 11) is 0. The van der Waals surface area contributed by atoms with Crippen molar-refractivity contribution in [3.05, 3.63) is 34.6 Å². The van der Waals surface area contributed by atoms with Gasteiger partial charge in [0, 0.05) is 17.5 Å². The van der Waals surface area contributed by atoms with Crippen molar-refractivity contribution < 1.29 is 9.72 Å². The van der Waals surface area contributed by atoms with Gasteiger partial charge in [-0.2, -0.15) is 0 Å². The van der Waals surface area contributed by atoms with Crippen LogP contribution >= 0.6 is 0 Å². The molecule has 0 atom stereocenters. The van der Waals surface area contributed by atoms with Crippen molar-refractivity contribution in [2.75, 3.05) is 0 Å². The highest BCUT2D eigenvalue weighted by atomic mass is 16.6. The summed E-state index contributed by atoms with van der Waals surface area (Å²) in [6, 6.07) is 4.28. The van der Waals surface area contributed by atoms with E-state index in [0.717, 1.165) is 0 Å². The number of fused-ring (bicyclic) bond motifs is 1. The summed E-state index contributed by atoms with van der Waals surface area (Å²) < 4.78 is 1.43. The van der Waals surface area contributed by atoms with Crippen LogP contribution in [0.5, 0.6) is 0 Å². The SMILES string of the molecule is CC(C)(C)C(=O)n1cnc2cc([N+](=O)[O-])ccc21. The predicted molar refractivity (Wildman–Crippen MR) is 66.5 cm³/mol. The topological polar surface area (TPSA) is 78.0 Å². The zero-order chi connectivity index (χ0) is 13.5. The smallest absolute Gasteiger partial charge is 0.271 e. The van der Waals surface area contributed by atoms with Gasteiger partial charge in [-0.3, -0.25) is 19.5 Å². The lowest BCUT2D eigenvalue weighted by Gasteiger charge is -2.17. The fourth-order valence-corrected chi connectivity index (χ4v) is 1.64. The van der Waals surface area contributed by atoms with E-state index < -0.39 is 10.3 Å². The van der Waals surface area contributed by atoms with Crippen molar-refractivity contribution in [3.63, 3.8) is 0 Å². The van der Waals surface area contributed by atoms with E-state index in [0.29, 0.717) is 11.0 Å². The maximum Gasteiger partial charge on any atom is 0.271 e. The number of imidazole rings is 1. The van der Waals surface area contributed by atoms with E-state index >= 15 is 0 Å². The van der Waals surface area contributed by atoms with Gasteiger partial charge in [-0.25, -0.2) is 4.98 Å². The third-order valence-corrected chi connectivity index (χ3v) is 2.60. The maximum atomic E-state index is 12.1. The van der Waals surface area contributed by atoms with Crippen LogP contribution in [0.4, 0.5) is 5.69 Å². The van der Waals surface area contributed by atoms with Crippen molar-refractivity contribution in [1.29, 1.82) is 0 Å². The fraction of sp³-hybridized carbons (Fsp3) is 0.333. The van der Waals surface area contributed by atoms with E-state index in [2.05, 4.69) is 4.98 Å². The van der Waals surface area contributed by atoms with Gasteiger partial charge in [-0.15, -0.1) is 0 Å². The molecule has 6 nitrogen and oxygen atoms in total. The van der Waals surface area contributed by atoms with Crippen molar-refractivity contribution in [2.45, 2.75) is 20.8 Å². The molecule has 0 radical (unpaired) electrons. The van der Waals surface area contributed by atoms with Gasteiger partial charge in [-0.1, -0.05) is 20.8 Å². The molecule has 0 saturated heterocycles. The average Bonchev–Trinajstić information content (AvgIpc) is 2.68. The van der Waals surface area contributed by atoms with Crippen LogP contribution < -0.4 is 0 Å². The fourth-order valence-electron chi connectivity index (χ4n) is 1.64. The number of rotatable bonds is 1. The molecule has 0 spiro atoms. The summed E-state index contributed by atoms with van der Waals surface area (Å²) in [5.41, 5.74) is 0.466. The lowest BCUT2D eigenvalue weighted by atomic mass is 9.95. The van der Waals surface area contributed by atoms with Crippen molar-refractivity contribution >= 4 is 22.6 Å². The highest BCUT2D eigenvalue weighted by Crippen LogP contribution is 2.23. The first-order valence-electron chi connectivity index (χ1n) is 5.47. The highest BCUT2D eigenvalue weighted by Gasteiger charge is 2.24. The number of nitrogens with zero attached hydrogens (tertiary/aromatic N) is 3. The molecule has 1 aromatic carbocycles. The van der Waals surface area contributed by atoms with Crippen LogP contribution in [0, 0.1) is 15.5 Å². The molecule has 0 unspecified atom stereocenters. The second kappa shape index (κ2) is 3.90. The molecule has 0 aliphatic carbocycles. The number of hydrogen-bond donors (Lipinski definition) is 0. The Kier molecular flexibility index (Phi) is 2.65. The Morgan fingerprint density at radius 1 is 1.39 bits per heavy atom. The first-order valence-corrected chi connectivity index (χ1v) is 5.47. The molecule has 94 valence electrons. The molecule has 2 rings (SSSR count). The Hall–Kier alpha value is -2.24. The van der Waals surface area contributed by atoms with Gasteiger partial charge in [-0.05, 0) is 6.07 Å². The molecule has 0 saturated carbocycles. The summed E-state index contributed by atoms with van der Waals surface area (Å²) in [4.78, 5) is 26.3. The number of hydrogen-bond acceptors (Lipinski definition) is 4. The number of benzene rings is 1. The van der Waals surface area contributed by atoms with Gasteiger partial charge < -0.3 is 0 Å². The number of aromatic nitrogens is 2. The van der Waals surface area contributed by atoms with Crippen LogP contribution in [-0.4, -0.2) is 20.4 Å². The Morgan fingerprint density at radius 3 is 2.61 bits per heavy atom. The van der Waals surface area contributed by atoms with E-state index in [1.165, 1.54) is 23.0 Å². The third kappa shape index (κ3) is 1.97. The summed E-state index contributed by atoms with van der Waals surface area (Å²) in [5.74, 6) is -0.0983.